The summed E-state index contributed by atoms with van der Waals surface area (Å²) in [6.07, 6.45) is -0.286. The molecule has 1 atom stereocenters. The Labute approximate surface area is 196 Å². The lowest BCUT2D eigenvalue weighted by molar-refractivity contribution is -0.144. The van der Waals surface area contributed by atoms with Gasteiger partial charge >= 0.3 is 18.0 Å². The van der Waals surface area contributed by atoms with E-state index in [0.29, 0.717) is 12.8 Å². The number of hydrogen-bond donors (Lipinski definition) is 3. The van der Waals surface area contributed by atoms with Crippen molar-refractivity contribution in [1.82, 2.24) is 10.6 Å². The first-order valence-corrected chi connectivity index (χ1v) is 11.2. The van der Waals surface area contributed by atoms with Crippen LogP contribution in [0.2, 0.25) is 0 Å². The molecule has 2 aromatic carbocycles. The van der Waals surface area contributed by atoms with Crippen LogP contribution in [-0.4, -0.2) is 48.7 Å². The fourth-order valence-corrected chi connectivity index (χ4v) is 3.99. The average Bonchev–Trinajstić information content (AvgIpc) is 3.14. The summed E-state index contributed by atoms with van der Waals surface area (Å²) in [5.41, 5.74) is 4.10. The first kappa shape index (κ1) is 25.1. The minimum atomic E-state index is -3.81. The van der Waals surface area contributed by atoms with Gasteiger partial charge in [-0.05, 0) is 41.0 Å². The van der Waals surface area contributed by atoms with Crippen LogP contribution < -0.4 is 10.6 Å². The van der Waals surface area contributed by atoms with Gasteiger partial charge in [0.2, 0.25) is 0 Å². The van der Waals surface area contributed by atoms with Gasteiger partial charge in [-0.2, -0.15) is 8.78 Å². The second-order valence-corrected chi connectivity index (χ2v) is 8.47. The van der Waals surface area contributed by atoms with Gasteiger partial charge in [0.25, 0.3) is 5.91 Å². The van der Waals surface area contributed by atoms with Crippen LogP contribution >= 0.6 is 0 Å². The Balaban J connectivity index is 1.45. The zero-order valence-electron chi connectivity index (χ0n) is 18.9. The fourth-order valence-electron chi connectivity index (χ4n) is 3.99. The summed E-state index contributed by atoms with van der Waals surface area (Å²) < 4.78 is 33.5. The standard InChI is InChI=1S/C25H28F2N2O5/c1-16(10-11-22(30)31)12-13-28-23(32)25(26,27)15-29-24(33)34-14-21-19-8-4-2-6-17(19)18-7-3-5-9-20(18)21/h2-9,16,21H,10-15H2,1H3,(H,28,32)(H,29,33)(H,30,31). The molecule has 1 aliphatic rings. The van der Waals surface area contributed by atoms with Gasteiger partial charge in [-0.1, -0.05) is 55.5 Å². The van der Waals surface area contributed by atoms with E-state index in [2.05, 4.69) is 5.32 Å². The third-order valence-electron chi connectivity index (χ3n) is 5.90. The Kier molecular flexibility index (Phi) is 8.20. The van der Waals surface area contributed by atoms with Crippen molar-refractivity contribution in [3.8, 4) is 11.1 Å². The molecule has 0 radical (unpaired) electrons. The molecule has 1 unspecified atom stereocenters. The number of aliphatic carboxylic acids is 1. The normalized spacial score (nSPS) is 13.5. The van der Waals surface area contributed by atoms with E-state index < -0.39 is 30.4 Å². The van der Waals surface area contributed by atoms with E-state index in [1.807, 2.05) is 53.8 Å². The van der Waals surface area contributed by atoms with Crippen molar-refractivity contribution in [1.29, 1.82) is 0 Å². The number of benzene rings is 2. The predicted molar refractivity (Wildman–Crippen MR) is 122 cm³/mol. The molecule has 2 amide bonds. The maximum atomic E-state index is 14.1. The van der Waals surface area contributed by atoms with Crippen LogP contribution in [0.1, 0.15) is 43.2 Å². The van der Waals surface area contributed by atoms with Crippen LogP contribution in [0, 0.1) is 5.92 Å². The number of fused-ring (bicyclic) bond motifs is 3. The van der Waals surface area contributed by atoms with Gasteiger partial charge < -0.3 is 20.5 Å². The second-order valence-electron chi connectivity index (χ2n) is 8.47. The molecule has 3 N–H and O–H groups in total. The smallest absolute Gasteiger partial charge is 0.407 e. The molecule has 0 fully saturated rings. The third-order valence-corrected chi connectivity index (χ3v) is 5.90. The van der Waals surface area contributed by atoms with Crippen LogP contribution in [0.15, 0.2) is 48.5 Å². The number of amides is 2. The molecule has 0 spiro atoms. The van der Waals surface area contributed by atoms with Crippen molar-refractivity contribution in [3.05, 3.63) is 59.7 Å². The molecule has 0 saturated carbocycles. The molecule has 7 nitrogen and oxygen atoms in total. The number of alkyl carbamates (subject to hydrolysis) is 1. The average molecular weight is 475 g/mol. The largest absolute Gasteiger partial charge is 0.481 e. The van der Waals surface area contributed by atoms with Gasteiger partial charge in [-0.15, -0.1) is 0 Å². The van der Waals surface area contributed by atoms with Crippen LogP contribution in [-0.2, 0) is 14.3 Å². The lowest BCUT2D eigenvalue weighted by Crippen LogP contribution is -2.48. The summed E-state index contributed by atoms with van der Waals surface area (Å²) >= 11 is 0. The topological polar surface area (TPSA) is 105 Å². The number of rotatable bonds is 11. The molecule has 0 bridgehead atoms. The number of ether oxygens (including phenoxy) is 1. The van der Waals surface area contributed by atoms with E-state index in [0.717, 1.165) is 22.3 Å². The summed E-state index contributed by atoms with van der Waals surface area (Å²) in [6.45, 7) is 0.558. The molecule has 0 saturated heterocycles. The number of carbonyl (C=O) groups excluding carboxylic acids is 2. The summed E-state index contributed by atoms with van der Waals surface area (Å²) in [4.78, 5) is 34.5. The van der Waals surface area contributed by atoms with Crippen LogP contribution in [0.4, 0.5) is 13.6 Å². The highest BCUT2D eigenvalue weighted by atomic mass is 19.3. The Morgan fingerprint density at radius 1 is 1.00 bits per heavy atom. The highest BCUT2D eigenvalue weighted by Gasteiger charge is 2.39. The summed E-state index contributed by atoms with van der Waals surface area (Å²) in [6, 6.07) is 15.5. The lowest BCUT2D eigenvalue weighted by atomic mass is 9.98. The highest BCUT2D eigenvalue weighted by Crippen LogP contribution is 2.44. The lowest BCUT2D eigenvalue weighted by Gasteiger charge is -2.18. The predicted octanol–water partition coefficient (Wildman–Crippen LogP) is 4.17. The number of hydrogen-bond acceptors (Lipinski definition) is 4. The Bertz CT molecular complexity index is 998. The Morgan fingerprint density at radius 3 is 2.18 bits per heavy atom. The van der Waals surface area contributed by atoms with Gasteiger partial charge in [-0.25, -0.2) is 4.79 Å². The van der Waals surface area contributed by atoms with Crippen molar-refractivity contribution >= 4 is 18.0 Å². The van der Waals surface area contributed by atoms with Crippen molar-refractivity contribution in [2.45, 2.75) is 38.0 Å². The zero-order chi connectivity index (χ0) is 24.7. The Morgan fingerprint density at radius 2 is 1.59 bits per heavy atom. The van der Waals surface area contributed by atoms with E-state index in [-0.39, 0.29) is 31.4 Å². The second kappa shape index (κ2) is 11.1. The van der Waals surface area contributed by atoms with E-state index in [1.54, 1.807) is 6.92 Å². The maximum absolute atomic E-state index is 14.1. The molecule has 9 heteroatoms. The molecule has 34 heavy (non-hydrogen) atoms. The van der Waals surface area contributed by atoms with E-state index >= 15 is 0 Å². The number of nitrogens with one attached hydrogen (secondary N) is 2. The number of alkyl halides is 2. The SMILES string of the molecule is CC(CCNC(=O)C(F)(F)CNC(=O)OCC1c2ccccc2-c2ccccc21)CCC(=O)O. The zero-order valence-corrected chi connectivity index (χ0v) is 18.9. The monoisotopic (exact) mass is 474 g/mol. The molecule has 1 aliphatic carbocycles. The summed E-state index contributed by atoms with van der Waals surface area (Å²) in [5, 5.41) is 12.8. The number of carboxylic acid groups (broad SMARTS) is 1. The molecular weight excluding hydrogens is 446 g/mol. The highest BCUT2D eigenvalue weighted by molar-refractivity contribution is 5.84. The number of halogens is 2. The first-order valence-electron chi connectivity index (χ1n) is 11.2. The van der Waals surface area contributed by atoms with Gasteiger partial charge in [-0.3, -0.25) is 9.59 Å². The fraction of sp³-hybridized carbons (Fsp3) is 0.400. The van der Waals surface area contributed by atoms with Crippen molar-refractivity contribution < 1.29 is 33.0 Å². The maximum Gasteiger partial charge on any atom is 0.407 e. The third kappa shape index (κ3) is 6.30. The molecule has 0 aromatic heterocycles. The van der Waals surface area contributed by atoms with Crippen LogP contribution in [0.25, 0.3) is 11.1 Å². The van der Waals surface area contributed by atoms with Gasteiger partial charge in [0.15, 0.2) is 0 Å². The van der Waals surface area contributed by atoms with Crippen molar-refractivity contribution in [3.63, 3.8) is 0 Å². The van der Waals surface area contributed by atoms with Crippen LogP contribution in [0.3, 0.4) is 0 Å². The van der Waals surface area contributed by atoms with Crippen molar-refractivity contribution in [2.75, 3.05) is 19.7 Å². The van der Waals surface area contributed by atoms with E-state index in [1.165, 1.54) is 0 Å². The minimum absolute atomic E-state index is 0.0137. The molecule has 182 valence electrons. The van der Waals surface area contributed by atoms with Gasteiger partial charge in [0.05, 0.1) is 6.54 Å². The van der Waals surface area contributed by atoms with E-state index in [4.69, 9.17) is 9.84 Å². The molecule has 3 rings (SSSR count). The summed E-state index contributed by atoms with van der Waals surface area (Å²) in [5.74, 6) is -6.48. The molecular formula is C25H28F2N2O5. The molecule has 2 aromatic rings. The molecule has 0 heterocycles. The molecule has 0 aliphatic heterocycles. The quantitative estimate of drug-likeness (QED) is 0.454. The number of carboxylic acids is 1. The minimum Gasteiger partial charge on any atom is -0.481 e. The van der Waals surface area contributed by atoms with Gasteiger partial charge in [0, 0.05) is 18.9 Å². The summed E-state index contributed by atoms with van der Waals surface area (Å²) in [7, 11) is 0. The van der Waals surface area contributed by atoms with Crippen LogP contribution in [0.5, 0.6) is 0 Å². The van der Waals surface area contributed by atoms with Gasteiger partial charge in [0.1, 0.15) is 6.61 Å². The Hall–Kier alpha value is -3.49. The first-order chi connectivity index (χ1) is 16.2. The number of carbonyl (C=O) groups is 3. The van der Waals surface area contributed by atoms with E-state index in [9.17, 15) is 23.2 Å². The van der Waals surface area contributed by atoms with Crippen molar-refractivity contribution in [2.24, 2.45) is 5.92 Å².